The van der Waals surface area contributed by atoms with Gasteiger partial charge in [-0.2, -0.15) is 0 Å². The maximum Gasteiger partial charge on any atom is 0.255 e. The minimum Gasteiger partial charge on any atom is -0.392 e. The largest absolute Gasteiger partial charge is 0.392 e. The lowest BCUT2D eigenvalue weighted by molar-refractivity contribution is -0.253. The fraction of sp³-hybridized carbons (Fsp3) is 0.537. The van der Waals surface area contributed by atoms with Crippen molar-refractivity contribution in [3.8, 4) is 0 Å². The number of benzene rings is 3. The second-order valence-corrected chi connectivity index (χ2v) is 13.1. The Bertz CT molecular complexity index is 1250. The number of hydrogen-bond donors (Lipinski definition) is 2. The number of carbonyl (C=O) groups is 1. The normalized spacial score (nSPS) is 18.0. The van der Waals surface area contributed by atoms with E-state index in [1.807, 2.05) is 66.7 Å². The van der Waals surface area contributed by atoms with Crippen LogP contribution in [-0.2, 0) is 16.1 Å². The van der Waals surface area contributed by atoms with E-state index in [9.17, 15) is 9.90 Å². The molecule has 1 aliphatic heterocycles. The summed E-state index contributed by atoms with van der Waals surface area (Å²) in [4.78, 5) is 15.3. The van der Waals surface area contributed by atoms with Gasteiger partial charge in [0.05, 0.1) is 18.8 Å². The Labute approximate surface area is 283 Å². The van der Waals surface area contributed by atoms with Crippen LogP contribution in [0.2, 0.25) is 0 Å². The van der Waals surface area contributed by atoms with Crippen molar-refractivity contribution in [2.45, 2.75) is 122 Å². The summed E-state index contributed by atoms with van der Waals surface area (Å²) >= 11 is 0. The summed E-state index contributed by atoms with van der Waals surface area (Å²) in [7, 11) is 0. The van der Waals surface area contributed by atoms with E-state index in [1.165, 1.54) is 77.0 Å². The van der Waals surface area contributed by atoms with Crippen molar-refractivity contribution in [1.82, 2.24) is 4.90 Å². The van der Waals surface area contributed by atoms with Crippen LogP contribution in [0.1, 0.15) is 137 Å². The van der Waals surface area contributed by atoms with Crippen molar-refractivity contribution < 1.29 is 19.4 Å². The molecule has 0 radical (unpaired) electrons. The smallest absolute Gasteiger partial charge is 0.255 e. The fourth-order valence-electron chi connectivity index (χ4n) is 6.36. The third-order valence-electron chi connectivity index (χ3n) is 9.21. The number of aliphatic hydroxyl groups excluding tert-OH is 1. The molecule has 0 unspecified atom stereocenters. The molecule has 0 aromatic heterocycles. The number of amides is 1. The Morgan fingerprint density at radius 1 is 0.723 bits per heavy atom. The molecule has 0 saturated carbocycles. The third-order valence-corrected chi connectivity index (χ3v) is 9.21. The highest BCUT2D eigenvalue weighted by Crippen LogP contribution is 2.38. The van der Waals surface area contributed by atoms with Crippen molar-refractivity contribution in [3.05, 3.63) is 101 Å². The quantitative estimate of drug-likeness (QED) is 0.113. The zero-order chi connectivity index (χ0) is 33.1. The van der Waals surface area contributed by atoms with Gasteiger partial charge in [-0.3, -0.25) is 4.79 Å². The summed E-state index contributed by atoms with van der Waals surface area (Å²) in [6, 6.07) is 25.2. The molecule has 1 saturated heterocycles. The standard InChI is InChI=1S/C41H58N2O4/c1-3-5-7-9-11-16-28-43(29-17-12-10-8-6-4-2)31-38-30-39(34-22-20-33(32-44)21-23-34)47-41(46-38)36-24-26-37(27-25-36)42-40(45)35-18-14-13-15-19-35/h13-15,18-27,38-39,41,44H,3-12,16-17,28-32H2,1-2H3,(H,42,45)/t38-,39+,41+/m1/s1. The monoisotopic (exact) mass is 642 g/mol. The van der Waals surface area contributed by atoms with E-state index < -0.39 is 6.29 Å². The number of nitrogens with zero attached hydrogens (tertiary/aromatic N) is 1. The van der Waals surface area contributed by atoms with Gasteiger partial charge < -0.3 is 24.8 Å². The Balaban J connectivity index is 1.44. The van der Waals surface area contributed by atoms with Crippen LogP contribution in [0.3, 0.4) is 0 Å². The molecule has 256 valence electrons. The maximum atomic E-state index is 12.7. The zero-order valence-corrected chi connectivity index (χ0v) is 28.9. The molecule has 3 aromatic carbocycles. The number of aliphatic hydroxyl groups is 1. The minimum atomic E-state index is -0.514. The highest BCUT2D eigenvalue weighted by molar-refractivity contribution is 6.04. The molecule has 1 fully saturated rings. The Kier molecular flexibility index (Phi) is 16.5. The lowest BCUT2D eigenvalue weighted by Gasteiger charge is -2.38. The second-order valence-electron chi connectivity index (χ2n) is 13.1. The van der Waals surface area contributed by atoms with Crippen molar-refractivity contribution >= 4 is 11.6 Å². The third kappa shape index (κ3) is 12.8. The summed E-state index contributed by atoms with van der Waals surface area (Å²) in [6.07, 6.45) is 15.8. The first kappa shape index (κ1) is 36.8. The predicted octanol–water partition coefficient (Wildman–Crippen LogP) is 10.00. The van der Waals surface area contributed by atoms with Gasteiger partial charge in [-0.1, -0.05) is 133 Å². The number of ether oxygens (including phenoxy) is 2. The molecule has 1 amide bonds. The highest BCUT2D eigenvalue weighted by Gasteiger charge is 2.33. The van der Waals surface area contributed by atoms with Crippen molar-refractivity contribution in [1.29, 1.82) is 0 Å². The first-order valence-corrected chi connectivity index (χ1v) is 18.3. The Morgan fingerprint density at radius 2 is 1.30 bits per heavy atom. The van der Waals surface area contributed by atoms with E-state index in [0.29, 0.717) is 5.56 Å². The molecule has 3 atom stereocenters. The first-order chi connectivity index (χ1) is 23.1. The van der Waals surface area contributed by atoms with E-state index >= 15 is 0 Å². The van der Waals surface area contributed by atoms with Crippen LogP contribution in [0.4, 0.5) is 5.69 Å². The minimum absolute atomic E-state index is 0.0221. The van der Waals surface area contributed by atoms with E-state index in [2.05, 4.69) is 36.2 Å². The molecular formula is C41H58N2O4. The van der Waals surface area contributed by atoms with Crippen LogP contribution in [-0.4, -0.2) is 41.7 Å². The molecular weight excluding hydrogens is 584 g/mol. The number of rotatable bonds is 21. The average Bonchev–Trinajstić information content (AvgIpc) is 3.11. The first-order valence-electron chi connectivity index (χ1n) is 18.3. The molecule has 47 heavy (non-hydrogen) atoms. The zero-order valence-electron chi connectivity index (χ0n) is 28.9. The van der Waals surface area contributed by atoms with E-state index in [4.69, 9.17) is 9.47 Å². The molecule has 1 aliphatic rings. The lowest BCUT2D eigenvalue weighted by Crippen LogP contribution is -2.40. The number of carbonyl (C=O) groups excluding carboxylic acids is 1. The van der Waals surface area contributed by atoms with E-state index in [-0.39, 0.29) is 24.7 Å². The van der Waals surface area contributed by atoms with Crippen LogP contribution in [0.5, 0.6) is 0 Å². The summed E-state index contributed by atoms with van der Waals surface area (Å²) in [5, 5.41) is 12.6. The molecule has 0 bridgehead atoms. The molecule has 0 spiro atoms. The number of nitrogens with one attached hydrogen (secondary N) is 1. The molecule has 4 rings (SSSR count). The van der Waals surface area contributed by atoms with E-state index in [0.717, 1.165) is 48.4 Å². The van der Waals surface area contributed by atoms with Crippen molar-refractivity contribution in [2.24, 2.45) is 0 Å². The molecule has 3 aromatic rings. The van der Waals surface area contributed by atoms with Gasteiger partial charge in [0.1, 0.15) is 0 Å². The van der Waals surface area contributed by atoms with E-state index in [1.54, 1.807) is 0 Å². The van der Waals surface area contributed by atoms with Gasteiger partial charge in [-0.25, -0.2) is 0 Å². The summed E-state index contributed by atoms with van der Waals surface area (Å²) in [5.74, 6) is -0.134. The number of hydrogen-bond acceptors (Lipinski definition) is 5. The van der Waals surface area contributed by atoms with Crippen molar-refractivity contribution in [3.63, 3.8) is 0 Å². The van der Waals surface area contributed by atoms with Crippen LogP contribution in [0.25, 0.3) is 0 Å². The van der Waals surface area contributed by atoms with Crippen molar-refractivity contribution in [2.75, 3.05) is 25.0 Å². The fourth-order valence-corrected chi connectivity index (χ4v) is 6.36. The highest BCUT2D eigenvalue weighted by atomic mass is 16.7. The SMILES string of the molecule is CCCCCCCCN(CCCCCCCC)C[C@H]1C[C@@H](c2ccc(CO)cc2)O[C@@H](c2ccc(NC(=O)c3ccccc3)cc2)O1. The van der Waals surface area contributed by atoms with Crippen LogP contribution in [0, 0.1) is 0 Å². The van der Waals surface area contributed by atoms with Gasteiger partial charge in [-0.05, 0) is 61.3 Å². The molecule has 6 heteroatoms. The van der Waals surface area contributed by atoms with Crippen LogP contribution in [0.15, 0.2) is 78.9 Å². The summed E-state index contributed by atoms with van der Waals surface area (Å²) in [6.45, 7) is 7.68. The summed E-state index contributed by atoms with van der Waals surface area (Å²) < 4.78 is 13.3. The van der Waals surface area contributed by atoms with Crippen LogP contribution < -0.4 is 5.32 Å². The summed E-state index contributed by atoms with van der Waals surface area (Å²) in [5.41, 5.74) is 4.29. The Hall–Kier alpha value is -3.03. The van der Waals surface area contributed by atoms with Gasteiger partial charge >= 0.3 is 0 Å². The molecule has 0 aliphatic carbocycles. The van der Waals surface area contributed by atoms with Gasteiger partial charge in [0.15, 0.2) is 6.29 Å². The maximum absolute atomic E-state index is 12.7. The lowest BCUT2D eigenvalue weighted by atomic mass is 9.99. The van der Waals surface area contributed by atoms with Crippen LogP contribution >= 0.6 is 0 Å². The Morgan fingerprint density at radius 3 is 1.89 bits per heavy atom. The molecule has 2 N–H and O–H groups in total. The molecule has 1 heterocycles. The number of unbranched alkanes of at least 4 members (excludes halogenated alkanes) is 10. The predicted molar refractivity (Wildman–Crippen MR) is 192 cm³/mol. The average molecular weight is 643 g/mol. The van der Waals surface area contributed by atoms with Gasteiger partial charge in [-0.15, -0.1) is 0 Å². The molecule has 6 nitrogen and oxygen atoms in total. The number of anilines is 1. The van der Waals surface area contributed by atoms with Gasteiger partial charge in [0.25, 0.3) is 5.91 Å². The van der Waals surface area contributed by atoms with Gasteiger partial charge in [0.2, 0.25) is 0 Å². The second kappa shape index (κ2) is 21.0. The topological polar surface area (TPSA) is 71.0 Å². The van der Waals surface area contributed by atoms with Gasteiger partial charge in [0, 0.05) is 29.8 Å².